The second-order valence-electron chi connectivity index (χ2n) is 6.04. The summed E-state index contributed by atoms with van der Waals surface area (Å²) in [5, 5.41) is 16.7. The Hall–Kier alpha value is -2.42. The number of nitrogens with zero attached hydrogens (tertiary/aromatic N) is 3. The molecule has 1 fully saturated rings. The van der Waals surface area contributed by atoms with E-state index in [-0.39, 0.29) is 6.10 Å². The summed E-state index contributed by atoms with van der Waals surface area (Å²) in [7, 11) is 1.95. The van der Waals surface area contributed by atoms with Crippen LogP contribution in [0.2, 0.25) is 0 Å². The van der Waals surface area contributed by atoms with Crippen molar-refractivity contribution >= 4 is 6.08 Å². The van der Waals surface area contributed by atoms with E-state index >= 15 is 0 Å². The standard InChI is InChI=1S/C19H22N4O/c1-14-17(13-22-23(14)2)19-18(9-11-24-19)21-10-3-4-15-5-7-16(12-20)8-6-15/h3-8,13,18-19,21H,9-11H2,1-2H3/b4-3+/t18-,19+/m0/s1. The Bertz CT molecular complexity index is 755. The van der Waals surface area contributed by atoms with Crippen LogP contribution in [-0.2, 0) is 11.8 Å². The highest BCUT2D eigenvalue weighted by atomic mass is 16.5. The van der Waals surface area contributed by atoms with E-state index in [1.54, 1.807) is 0 Å². The first-order valence-corrected chi connectivity index (χ1v) is 8.19. The molecule has 24 heavy (non-hydrogen) atoms. The number of aromatic nitrogens is 2. The molecule has 2 heterocycles. The van der Waals surface area contributed by atoms with Crippen molar-refractivity contribution in [3.8, 4) is 6.07 Å². The number of nitrogens with one attached hydrogen (secondary N) is 1. The maximum absolute atomic E-state index is 8.81. The van der Waals surface area contributed by atoms with Crippen molar-refractivity contribution in [2.75, 3.05) is 13.2 Å². The highest BCUT2D eigenvalue weighted by molar-refractivity contribution is 5.51. The van der Waals surface area contributed by atoms with Gasteiger partial charge in [0.15, 0.2) is 0 Å². The molecular weight excluding hydrogens is 300 g/mol. The van der Waals surface area contributed by atoms with E-state index in [1.165, 1.54) is 5.56 Å². The van der Waals surface area contributed by atoms with Gasteiger partial charge in [-0.1, -0.05) is 24.3 Å². The molecule has 124 valence electrons. The maximum Gasteiger partial charge on any atom is 0.101 e. The number of hydrogen-bond donors (Lipinski definition) is 1. The molecule has 0 radical (unpaired) electrons. The largest absolute Gasteiger partial charge is 0.372 e. The van der Waals surface area contributed by atoms with Crippen LogP contribution in [0.25, 0.3) is 6.08 Å². The second kappa shape index (κ2) is 7.43. The molecule has 0 amide bonds. The molecule has 0 bridgehead atoms. The van der Waals surface area contributed by atoms with Crippen LogP contribution in [0.3, 0.4) is 0 Å². The van der Waals surface area contributed by atoms with Gasteiger partial charge in [-0.3, -0.25) is 4.68 Å². The van der Waals surface area contributed by atoms with Gasteiger partial charge in [-0.2, -0.15) is 10.4 Å². The number of aryl methyl sites for hydroxylation is 1. The molecule has 0 spiro atoms. The third kappa shape index (κ3) is 3.56. The molecule has 1 saturated heterocycles. The predicted octanol–water partition coefficient (Wildman–Crippen LogP) is 2.73. The molecule has 3 rings (SSSR count). The van der Waals surface area contributed by atoms with Gasteiger partial charge in [-0.15, -0.1) is 0 Å². The first-order valence-electron chi connectivity index (χ1n) is 8.19. The zero-order valence-corrected chi connectivity index (χ0v) is 14.1. The molecule has 5 nitrogen and oxygen atoms in total. The van der Waals surface area contributed by atoms with Crippen molar-refractivity contribution in [1.29, 1.82) is 5.26 Å². The monoisotopic (exact) mass is 322 g/mol. The molecule has 1 aliphatic heterocycles. The van der Waals surface area contributed by atoms with Crippen LogP contribution in [0, 0.1) is 18.3 Å². The number of rotatable bonds is 5. The summed E-state index contributed by atoms with van der Waals surface area (Å²) in [6.07, 6.45) is 7.15. The van der Waals surface area contributed by atoms with Gasteiger partial charge in [0, 0.05) is 37.5 Å². The molecule has 1 aliphatic rings. The first-order chi connectivity index (χ1) is 11.7. The summed E-state index contributed by atoms with van der Waals surface area (Å²) in [4.78, 5) is 0. The van der Waals surface area contributed by atoms with Gasteiger partial charge in [0.1, 0.15) is 6.10 Å². The van der Waals surface area contributed by atoms with Crippen molar-refractivity contribution in [3.05, 3.63) is 58.9 Å². The third-order valence-electron chi connectivity index (χ3n) is 4.52. The van der Waals surface area contributed by atoms with Gasteiger partial charge in [0.2, 0.25) is 0 Å². The summed E-state index contributed by atoms with van der Waals surface area (Å²) in [6.45, 7) is 3.63. The van der Waals surface area contributed by atoms with Crippen molar-refractivity contribution < 1.29 is 4.74 Å². The summed E-state index contributed by atoms with van der Waals surface area (Å²) >= 11 is 0. The minimum absolute atomic E-state index is 0.0713. The first kappa shape index (κ1) is 16.4. The topological polar surface area (TPSA) is 62.9 Å². The molecular formula is C19H22N4O. The minimum Gasteiger partial charge on any atom is -0.372 e. The molecule has 5 heteroatoms. The zero-order chi connectivity index (χ0) is 16.9. The van der Waals surface area contributed by atoms with E-state index in [9.17, 15) is 0 Å². The lowest BCUT2D eigenvalue weighted by Gasteiger charge is -2.19. The fourth-order valence-corrected chi connectivity index (χ4v) is 2.98. The van der Waals surface area contributed by atoms with Crippen molar-refractivity contribution in [2.24, 2.45) is 7.05 Å². The van der Waals surface area contributed by atoms with E-state index < -0.39 is 0 Å². The highest BCUT2D eigenvalue weighted by Gasteiger charge is 2.31. The van der Waals surface area contributed by atoms with Crippen LogP contribution >= 0.6 is 0 Å². The lowest BCUT2D eigenvalue weighted by atomic mass is 10.0. The van der Waals surface area contributed by atoms with E-state index in [0.29, 0.717) is 11.6 Å². The van der Waals surface area contributed by atoms with Crippen molar-refractivity contribution in [3.63, 3.8) is 0 Å². The lowest BCUT2D eigenvalue weighted by molar-refractivity contribution is 0.0989. The zero-order valence-electron chi connectivity index (χ0n) is 14.1. The van der Waals surface area contributed by atoms with Gasteiger partial charge in [-0.25, -0.2) is 0 Å². The van der Waals surface area contributed by atoms with Crippen LogP contribution in [0.1, 0.15) is 34.9 Å². The number of benzene rings is 1. The molecule has 0 aliphatic carbocycles. The third-order valence-corrected chi connectivity index (χ3v) is 4.52. The Labute approximate surface area is 142 Å². The van der Waals surface area contributed by atoms with Crippen LogP contribution in [-0.4, -0.2) is 29.0 Å². The average Bonchev–Trinajstić information content (AvgIpc) is 3.19. The Morgan fingerprint density at radius 3 is 2.88 bits per heavy atom. The fourth-order valence-electron chi connectivity index (χ4n) is 2.98. The number of hydrogen-bond acceptors (Lipinski definition) is 4. The SMILES string of the molecule is Cc1c([C@H]2OCC[C@@H]2NC/C=C/c2ccc(C#N)cc2)cnn1C. The van der Waals surface area contributed by atoms with E-state index in [1.807, 2.05) is 42.2 Å². The molecule has 0 unspecified atom stereocenters. The van der Waals surface area contributed by atoms with Gasteiger partial charge in [-0.05, 0) is 31.0 Å². The van der Waals surface area contributed by atoms with Gasteiger partial charge in [0.05, 0.1) is 17.8 Å². The summed E-state index contributed by atoms with van der Waals surface area (Å²) < 4.78 is 7.80. The average molecular weight is 322 g/mol. The Kier molecular flexibility index (Phi) is 5.09. The Morgan fingerprint density at radius 1 is 1.42 bits per heavy atom. The number of nitriles is 1. The molecule has 1 N–H and O–H groups in total. The van der Waals surface area contributed by atoms with Crippen LogP contribution in [0.4, 0.5) is 0 Å². The van der Waals surface area contributed by atoms with Gasteiger partial charge < -0.3 is 10.1 Å². The van der Waals surface area contributed by atoms with Crippen LogP contribution in [0.15, 0.2) is 36.5 Å². The molecule has 1 aromatic heterocycles. The maximum atomic E-state index is 8.81. The van der Waals surface area contributed by atoms with Crippen LogP contribution in [0.5, 0.6) is 0 Å². The molecule has 0 saturated carbocycles. The molecule has 1 aromatic carbocycles. The summed E-state index contributed by atoms with van der Waals surface area (Å²) in [6, 6.07) is 10.0. The van der Waals surface area contributed by atoms with Crippen molar-refractivity contribution in [2.45, 2.75) is 25.5 Å². The lowest BCUT2D eigenvalue weighted by Crippen LogP contribution is -2.32. The minimum atomic E-state index is 0.0713. The Balaban J connectivity index is 1.56. The van der Waals surface area contributed by atoms with Gasteiger partial charge >= 0.3 is 0 Å². The highest BCUT2D eigenvalue weighted by Crippen LogP contribution is 2.30. The van der Waals surface area contributed by atoms with E-state index in [2.05, 4.69) is 35.6 Å². The van der Waals surface area contributed by atoms with Crippen molar-refractivity contribution in [1.82, 2.24) is 15.1 Å². The molecule has 2 aromatic rings. The Morgan fingerprint density at radius 2 is 2.21 bits per heavy atom. The van der Waals surface area contributed by atoms with E-state index in [0.717, 1.165) is 30.8 Å². The quantitative estimate of drug-likeness (QED) is 0.919. The fraction of sp³-hybridized carbons (Fsp3) is 0.368. The number of ether oxygens (including phenoxy) is 1. The normalized spacial score (nSPS) is 20.5. The summed E-state index contributed by atoms with van der Waals surface area (Å²) in [5.41, 5.74) is 4.10. The van der Waals surface area contributed by atoms with E-state index in [4.69, 9.17) is 10.00 Å². The smallest absolute Gasteiger partial charge is 0.101 e. The second-order valence-corrected chi connectivity index (χ2v) is 6.04. The van der Waals surface area contributed by atoms with Crippen LogP contribution < -0.4 is 5.32 Å². The molecule has 2 atom stereocenters. The summed E-state index contributed by atoms with van der Waals surface area (Å²) in [5.74, 6) is 0. The predicted molar refractivity (Wildman–Crippen MR) is 93.2 cm³/mol. The van der Waals surface area contributed by atoms with Gasteiger partial charge in [0.25, 0.3) is 0 Å².